The van der Waals surface area contributed by atoms with Gasteiger partial charge in [-0.05, 0) is 79.2 Å². The second-order valence-electron chi connectivity index (χ2n) is 8.03. The second kappa shape index (κ2) is 12.2. The van der Waals surface area contributed by atoms with E-state index in [0.29, 0.717) is 15.7 Å². The molecule has 0 spiro atoms. The Balaban J connectivity index is 1.57. The molecule has 0 aromatic heterocycles. The molecule has 0 aliphatic carbocycles. The number of hydrogen-bond acceptors (Lipinski definition) is 6. The third-order valence-corrected chi connectivity index (χ3v) is 6.55. The Morgan fingerprint density at radius 3 is 2.33 bits per heavy atom. The van der Waals surface area contributed by atoms with Crippen LogP contribution in [0.5, 0.6) is 11.5 Å². The first-order valence-corrected chi connectivity index (χ1v) is 13.1. The summed E-state index contributed by atoms with van der Waals surface area (Å²) in [6.45, 7) is 1.65. The van der Waals surface area contributed by atoms with Crippen molar-refractivity contribution in [1.29, 1.82) is 0 Å². The minimum Gasteiger partial charge on any atom is -0.490 e. The molecule has 200 valence electrons. The quantitative estimate of drug-likeness (QED) is 0.246. The highest BCUT2D eigenvalue weighted by Crippen LogP contribution is 2.35. The lowest BCUT2D eigenvalue weighted by Crippen LogP contribution is -2.54. The molecule has 12 heteroatoms. The van der Waals surface area contributed by atoms with Gasteiger partial charge < -0.3 is 14.8 Å². The van der Waals surface area contributed by atoms with Crippen molar-refractivity contribution in [3.8, 4) is 11.5 Å². The van der Waals surface area contributed by atoms with Crippen LogP contribution in [0.15, 0.2) is 75.2 Å². The number of nitrogens with zero attached hydrogens (tertiary/aromatic N) is 1. The van der Waals surface area contributed by atoms with Crippen molar-refractivity contribution in [2.24, 2.45) is 0 Å². The Kier molecular flexibility index (Phi) is 8.77. The Morgan fingerprint density at radius 2 is 1.67 bits per heavy atom. The molecule has 2 N–H and O–H groups in total. The van der Waals surface area contributed by atoms with E-state index in [0.717, 1.165) is 9.37 Å². The maximum Gasteiger partial charge on any atom is 0.335 e. The average Bonchev–Trinajstić information content (AvgIpc) is 2.89. The van der Waals surface area contributed by atoms with Crippen LogP contribution in [0, 0.1) is 5.82 Å². The molecule has 4 rings (SSSR count). The van der Waals surface area contributed by atoms with Crippen molar-refractivity contribution in [3.63, 3.8) is 0 Å². The first kappa shape index (κ1) is 28.0. The normalized spacial score (nSPS) is 14.3. The summed E-state index contributed by atoms with van der Waals surface area (Å²) in [6, 6.07) is 14.0. The minimum absolute atomic E-state index is 0.228. The molecule has 9 nitrogen and oxygen atoms in total. The number of urea groups is 1. The summed E-state index contributed by atoms with van der Waals surface area (Å²) in [5.41, 5.74) is 0.818. The highest BCUT2D eigenvalue weighted by Gasteiger charge is 2.37. The van der Waals surface area contributed by atoms with Gasteiger partial charge in [-0.15, -0.1) is 0 Å². The number of anilines is 2. The van der Waals surface area contributed by atoms with Gasteiger partial charge in [-0.3, -0.25) is 19.7 Å². The fraction of sp³-hybridized carbons (Fsp3) is 0.111. The minimum atomic E-state index is -0.860. The predicted octanol–water partition coefficient (Wildman–Crippen LogP) is 5.43. The van der Waals surface area contributed by atoms with E-state index < -0.39 is 29.6 Å². The van der Waals surface area contributed by atoms with Gasteiger partial charge in [0.25, 0.3) is 17.7 Å². The lowest BCUT2D eigenvalue weighted by Gasteiger charge is -2.26. The number of hydrogen-bond donors (Lipinski definition) is 2. The number of halogens is 3. The van der Waals surface area contributed by atoms with Crippen LogP contribution in [0.1, 0.15) is 12.5 Å². The number of imide groups is 2. The number of ether oxygens (including phenoxy) is 2. The highest BCUT2D eigenvalue weighted by molar-refractivity contribution is 9.10. The first-order valence-electron chi connectivity index (χ1n) is 11.5. The van der Waals surface area contributed by atoms with E-state index >= 15 is 0 Å². The number of barbiturate groups is 1. The van der Waals surface area contributed by atoms with Gasteiger partial charge in [0.2, 0.25) is 0 Å². The van der Waals surface area contributed by atoms with Gasteiger partial charge in [0.15, 0.2) is 18.1 Å². The van der Waals surface area contributed by atoms with Crippen molar-refractivity contribution >= 4 is 73.1 Å². The van der Waals surface area contributed by atoms with Crippen LogP contribution in [-0.4, -0.2) is 37.0 Å². The summed E-state index contributed by atoms with van der Waals surface area (Å²) in [6.07, 6.45) is 1.33. The van der Waals surface area contributed by atoms with Crippen molar-refractivity contribution in [2.45, 2.75) is 6.92 Å². The van der Waals surface area contributed by atoms with Crippen LogP contribution in [0.2, 0.25) is 0 Å². The van der Waals surface area contributed by atoms with E-state index in [-0.39, 0.29) is 36.0 Å². The molecule has 1 saturated heterocycles. The summed E-state index contributed by atoms with van der Waals surface area (Å²) in [7, 11) is 0. The highest BCUT2D eigenvalue weighted by atomic mass is 79.9. The van der Waals surface area contributed by atoms with Crippen molar-refractivity contribution < 1.29 is 33.0 Å². The van der Waals surface area contributed by atoms with Crippen LogP contribution < -0.4 is 25.0 Å². The van der Waals surface area contributed by atoms with Gasteiger partial charge in [-0.25, -0.2) is 14.1 Å². The van der Waals surface area contributed by atoms with Gasteiger partial charge in [-0.1, -0.05) is 31.9 Å². The Hall–Kier alpha value is -4.03. The van der Waals surface area contributed by atoms with Crippen LogP contribution in [-0.2, 0) is 14.4 Å². The fourth-order valence-electron chi connectivity index (χ4n) is 3.55. The van der Waals surface area contributed by atoms with Crippen LogP contribution >= 0.6 is 31.9 Å². The van der Waals surface area contributed by atoms with Crippen molar-refractivity contribution in [2.75, 3.05) is 23.4 Å². The summed E-state index contributed by atoms with van der Waals surface area (Å²) >= 11 is 6.70. The van der Waals surface area contributed by atoms with Gasteiger partial charge in [0.05, 0.1) is 12.3 Å². The smallest absolute Gasteiger partial charge is 0.335 e. The molecule has 0 atom stereocenters. The zero-order chi connectivity index (χ0) is 28.1. The zero-order valence-electron chi connectivity index (χ0n) is 20.3. The molecule has 0 bridgehead atoms. The molecular weight excluding hydrogens is 641 g/mol. The van der Waals surface area contributed by atoms with E-state index in [1.165, 1.54) is 42.5 Å². The molecule has 5 amide bonds. The number of amides is 5. The lowest BCUT2D eigenvalue weighted by atomic mass is 10.1. The molecule has 3 aromatic rings. The number of nitrogens with one attached hydrogen (secondary N) is 2. The molecule has 0 unspecified atom stereocenters. The number of rotatable bonds is 8. The molecule has 3 aromatic carbocycles. The Bertz CT molecular complexity index is 1480. The molecule has 1 aliphatic heterocycles. The number of carbonyl (C=O) groups excluding carboxylic acids is 4. The average molecular weight is 661 g/mol. The van der Waals surface area contributed by atoms with Crippen LogP contribution in [0.3, 0.4) is 0 Å². The van der Waals surface area contributed by atoms with Gasteiger partial charge in [-0.2, -0.15) is 0 Å². The van der Waals surface area contributed by atoms with E-state index in [2.05, 4.69) is 42.5 Å². The summed E-state index contributed by atoms with van der Waals surface area (Å²) in [5.74, 6) is -2.06. The van der Waals surface area contributed by atoms with Crippen molar-refractivity contribution in [3.05, 3.63) is 86.6 Å². The SMILES string of the molecule is CCOc1cc(/C=C2\C(=O)NC(=O)N(c3ccc(Br)cc3)C2=O)c(Br)cc1OCC(=O)Nc1ccc(F)cc1. The van der Waals surface area contributed by atoms with E-state index in [1.54, 1.807) is 31.2 Å². The van der Waals surface area contributed by atoms with Gasteiger partial charge in [0.1, 0.15) is 11.4 Å². The van der Waals surface area contributed by atoms with Crippen LogP contribution in [0.4, 0.5) is 20.6 Å². The predicted molar refractivity (Wildman–Crippen MR) is 149 cm³/mol. The topological polar surface area (TPSA) is 114 Å². The maximum absolute atomic E-state index is 13.2. The fourth-order valence-corrected chi connectivity index (χ4v) is 4.25. The van der Waals surface area contributed by atoms with Crippen LogP contribution in [0.25, 0.3) is 6.08 Å². The number of benzene rings is 3. The van der Waals surface area contributed by atoms with E-state index in [9.17, 15) is 23.6 Å². The molecule has 0 radical (unpaired) electrons. The Morgan fingerprint density at radius 1 is 1.00 bits per heavy atom. The van der Waals surface area contributed by atoms with E-state index in [1.807, 2.05) is 0 Å². The molecule has 1 heterocycles. The molecule has 1 aliphatic rings. The monoisotopic (exact) mass is 659 g/mol. The third-order valence-electron chi connectivity index (χ3n) is 5.34. The molecule has 1 fully saturated rings. The van der Waals surface area contributed by atoms with E-state index in [4.69, 9.17) is 9.47 Å². The Labute approximate surface area is 239 Å². The summed E-state index contributed by atoms with van der Waals surface area (Å²) < 4.78 is 25.6. The third kappa shape index (κ3) is 6.70. The number of carbonyl (C=O) groups is 4. The summed E-state index contributed by atoms with van der Waals surface area (Å²) in [4.78, 5) is 51.4. The standard InChI is InChI=1S/C27H20Br2FN3O6/c1-2-38-22-12-15(21(29)13-23(22)39-14-24(34)31-18-7-5-17(30)6-8-18)11-20-25(35)32-27(37)33(26(20)36)19-9-3-16(28)4-10-19/h3-13H,2,14H2,1H3,(H,31,34)(H,32,35,37)/b20-11+. The molecule has 0 saturated carbocycles. The van der Waals surface area contributed by atoms with Gasteiger partial charge in [0, 0.05) is 14.6 Å². The largest absolute Gasteiger partial charge is 0.490 e. The zero-order valence-corrected chi connectivity index (χ0v) is 23.5. The van der Waals surface area contributed by atoms with Gasteiger partial charge >= 0.3 is 6.03 Å². The lowest BCUT2D eigenvalue weighted by molar-refractivity contribution is -0.122. The molecular formula is C27H20Br2FN3O6. The first-order chi connectivity index (χ1) is 18.7. The summed E-state index contributed by atoms with van der Waals surface area (Å²) in [5, 5.41) is 4.78. The maximum atomic E-state index is 13.2. The molecule has 39 heavy (non-hydrogen) atoms. The second-order valence-corrected chi connectivity index (χ2v) is 9.80. The van der Waals surface area contributed by atoms with Crippen molar-refractivity contribution in [1.82, 2.24) is 5.32 Å².